The minimum Gasteiger partial charge on any atom is -0.258 e. The first-order chi connectivity index (χ1) is 12.7. The highest BCUT2D eigenvalue weighted by Crippen LogP contribution is 2.30. The number of rotatable bonds is 4. The molecule has 4 aromatic rings. The summed E-state index contributed by atoms with van der Waals surface area (Å²) >= 11 is 1.67. The maximum absolute atomic E-state index is 10.7. The normalized spacial score (nSPS) is 11.2. The Balaban J connectivity index is 1.52. The average molecular weight is 359 g/mol. The van der Waals surface area contributed by atoms with E-state index in [0.29, 0.717) is 0 Å². The van der Waals surface area contributed by atoms with E-state index in [-0.39, 0.29) is 5.69 Å². The van der Waals surface area contributed by atoms with E-state index in [1.54, 1.807) is 29.7 Å². The molecular formula is C20H13N3O2S. The van der Waals surface area contributed by atoms with Gasteiger partial charge in [-0.2, -0.15) is 0 Å². The van der Waals surface area contributed by atoms with Gasteiger partial charge in [-0.25, -0.2) is 4.98 Å². The van der Waals surface area contributed by atoms with Crippen LogP contribution in [0, 0.1) is 10.1 Å². The van der Waals surface area contributed by atoms with Crippen molar-refractivity contribution >= 4 is 39.1 Å². The molecule has 0 aliphatic carbocycles. The smallest absolute Gasteiger partial charge is 0.258 e. The fourth-order valence-corrected chi connectivity index (χ4v) is 3.49. The zero-order valence-electron chi connectivity index (χ0n) is 13.6. The van der Waals surface area contributed by atoms with Crippen molar-refractivity contribution in [2.24, 2.45) is 4.99 Å². The lowest BCUT2D eigenvalue weighted by Crippen LogP contribution is -1.88. The van der Waals surface area contributed by atoms with E-state index < -0.39 is 4.92 Å². The van der Waals surface area contributed by atoms with Gasteiger partial charge in [0.05, 0.1) is 20.8 Å². The highest BCUT2D eigenvalue weighted by molar-refractivity contribution is 7.21. The Bertz CT molecular complexity index is 1070. The molecule has 1 aromatic heterocycles. The number of hydrogen-bond acceptors (Lipinski definition) is 5. The van der Waals surface area contributed by atoms with Gasteiger partial charge in [-0.15, -0.1) is 11.3 Å². The van der Waals surface area contributed by atoms with Crippen LogP contribution in [0.5, 0.6) is 0 Å². The number of aromatic nitrogens is 1. The highest BCUT2D eigenvalue weighted by Gasteiger charge is 2.06. The summed E-state index contributed by atoms with van der Waals surface area (Å²) in [4.78, 5) is 19.3. The van der Waals surface area contributed by atoms with Gasteiger partial charge in [0.15, 0.2) is 0 Å². The molecule has 6 heteroatoms. The summed E-state index contributed by atoms with van der Waals surface area (Å²) in [6.07, 6.45) is 1.69. The Labute approximate surface area is 153 Å². The van der Waals surface area contributed by atoms with Gasteiger partial charge in [0.25, 0.3) is 5.69 Å². The van der Waals surface area contributed by atoms with Crippen molar-refractivity contribution in [1.29, 1.82) is 0 Å². The first-order valence-electron chi connectivity index (χ1n) is 7.93. The van der Waals surface area contributed by atoms with Crippen molar-refractivity contribution < 1.29 is 4.92 Å². The second-order valence-corrected chi connectivity index (χ2v) is 6.67. The molecule has 0 saturated heterocycles. The molecule has 5 nitrogen and oxygen atoms in total. The van der Waals surface area contributed by atoms with Crippen molar-refractivity contribution in [3.63, 3.8) is 0 Å². The molecule has 0 fully saturated rings. The lowest BCUT2D eigenvalue weighted by Gasteiger charge is -1.98. The Kier molecular flexibility index (Phi) is 4.25. The van der Waals surface area contributed by atoms with Crippen molar-refractivity contribution in [2.45, 2.75) is 0 Å². The third-order valence-corrected chi connectivity index (χ3v) is 4.96. The third kappa shape index (κ3) is 3.36. The maximum Gasteiger partial charge on any atom is 0.269 e. The molecule has 0 spiro atoms. The first-order valence-corrected chi connectivity index (χ1v) is 8.75. The quantitative estimate of drug-likeness (QED) is 0.270. The SMILES string of the molecule is O=[N+]([O-])c1ccc(C=Nc2ccc(-c3nc4ccccc4s3)cc2)cc1. The zero-order chi connectivity index (χ0) is 17.9. The lowest BCUT2D eigenvalue weighted by molar-refractivity contribution is -0.384. The number of aliphatic imine (C=N–C) groups is 1. The molecule has 26 heavy (non-hydrogen) atoms. The van der Waals surface area contributed by atoms with Crippen molar-refractivity contribution in [3.8, 4) is 10.6 Å². The number of nitro groups is 1. The molecule has 0 aliphatic rings. The van der Waals surface area contributed by atoms with E-state index in [1.807, 2.05) is 42.5 Å². The van der Waals surface area contributed by atoms with Crippen LogP contribution in [-0.4, -0.2) is 16.1 Å². The molecule has 0 bridgehead atoms. The largest absolute Gasteiger partial charge is 0.269 e. The van der Waals surface area contributed by atoms with Gasteiger partial charge in [0.1, 0.15) is 5.01 Å². The third-order valence-electron chi connectivity index (χ3n) is 3.87. The monoisotopic (exact) mass is 359 g/mol. The van der Waals surface area contributed by atoms with Gasteiger partial charge in [-0.05, 0) is 54.1 Å². The lowest BCUT2D eigenvalue weighted by atomic mass is 10.2. The summed E-state index contributed by atoms with van der Waals surface area (Å²) in [5.41, 5.74) is 3.76. The summed E-state index contributed by atoms with van der Waals surface area (Å²) in [6, 6.07) is 22.2. The fraction of sp³-hybridized carbons (Fsp3) is 0. The molecule has 0 atom stereocenters. The summed E-state index contributed by atoms with van der Waals surface area (Å²) < 4.78 is 1.17. The van der Waals surface area contributed by atoms with E-state index in [9.17, 15) is 10.1 Å². The highest BCUT2D eigenvalue weighted by atomic mass is 32.1. The molecule has 3 aromatic carbocycles. The van der Waals surface area contributed by atoms with Crippen LogP contribution in [0.3, 0.4) is 0 Å². The maximum atomic E-state index is 10.7. The molecule has 0 aliphatic heterocycles. The van der Waals surface area contributed by atoms with Gasteiger partial charge in [0, 0.05) is 23.9 Å². The summed E-state index contributed by atoms with van der Waals surface area (Å²) in [6.45, 7) is 0. The molecule has 126 valence electrons. The van der Waals surface area contributed by atoms with Gasteiger partial charge in [-0.3, -0.25) is 15.1 Å². The van der Waals surface area contributed by atoms with Crippen molar-refractivity contribution in [3.05, 3.63) is 88.5 Å². The molecule has 0 amide bonds. The van der Waals surface area contributed by atoms with Crippen LogP contribution in [-0.2, 0) is 0 Å². The number of para-hydroxylation sites is 1. The van der Waals surface area contributed by atoms with E-state index in [0.717, 1.165) is 27.3 Å². The predicted molar refractivity (Wildman–Crippen MR) is 105 cm³/mol. The van der Waals surface area contributed by atoms with Crippen molar-refractivity contribution in [1.82, 2.24) is 4.98 Å². The van der Waals surface area contributed by atoms with Crippen LogP contribution < -0.4 is 0 Å². The Morgan fingerprint density at radius 2 is 1.69 bits per heavy atom. The van der Waals surface area contributed by atoms with Crippen LogP contribution in [0.1, 0.15) is 5.56 Å². The number of non-ortho nitro benzene ring substituents is 1. The number of fused-ring (bicyclic) bond motifs is 1. The fourth-order valence-electron chi connectivity index (χ4n) is 2.52. The molecule has 0 N–H and O–H groups in total. The van der Waals surface area contributed by atoms with Crippen molar-refractivity contribution in [2.75, 3.05) is 0 Å². The van der Waals surface area contributed by atoms with E-state index >= 15 is 0 Å². The minimum atomic E-state index is -0.415. The van der Waals surface area contributed by atoms with Crippen LogP contribution in [0.4, 0.5) is 11.4 Å². The van der Waals surface area contributed by atoms with Gasteiger partial charge in [-0.1, -0.05) is 12.1 Å². The van der Waals surface area contributed by atoms with E-state index in [4.69, 9.17) is 0 Å². The van der Waals surface area contributed by atoms with Gasteiger partial charge < -0.3 is 0 Å². The number of nitrogens with zero attached hydrogens (tertiary/aromatic N) is 3. The van der Waals surface area contributed by atoms with E-state index in [2.05, 4.69) is 16.0 Å². The summed E-state index contributed by atoms with van der Waals surface area (Å²) in [5.74, 6) is 0. The Morgan fingerprint density at radius 3 is 2.38 bits per heavy atom. The van der Waals surface area contributed by atoms with Crippen LogP contribution in [0.15, 0.2) is 77.8 Å². The standard InChI is InChI=1S/C20H13N3O2S/c24-23(25)17-11-5-14(6-12-17)13-21-16-9-7-15(8-10-16)20-22-18-3-1-2-4-19(18)26-20/h1-13H. The first kappa shape index (κ1) is 16.1. The molecule has 1 heterocycles. The van der Waals surface area contributed by atoms with Gasteiger partial charge >= 0.3 is 0 Å². The molecule has 4 rings (SSSR count). The molecule has 0 unspecified atom stereocenters. The average Bonchev–Trinajstić information content (AvgIpc) is 3.11. The summed E-state index contributed by atoms with van der Waals surface area (Å²) in [7, 11) is 0. The zero-order valence-corrected chi connectivity index (χ0v) is 14.4. The number of nitro benzene ring substituents is 1. The van der Waals surface area contributed by atoms with Gasteiger partial charge in [0.2, 0.25) is 0 Å². The molecular weight excluding hydrogens is 346 g/mol. The summed E-state index contributed by atoms with van der Waals surface area (Å²) in [5, 5.41) is 11.6. The number of thiazole rings is 1. The van der Waals surface area contributed by atoms with E-state index in [1.165, 1.54) is 16.8 Å². The minimum absolute atomic E-state index is 0.0716. The number of hydrogen-bond donors (Lipinski definition) is 0. The molecule has 0 saturated carbocycles. The predicted octanol–water partition coefficient (Wildman–Crippen LogP) is 5.62. The molecule has 0 radical (unpaired) electrons. The van der Waals surface area contributed by atoms with Crippen LogP contribution >= 0.6 is 11.3 Å². The topological polar surface area (TPSA) is 68.4 Å². The number of benzene rings is 3. The van der Waals surface area contributed by atoms with Crippen LogP contribution in [0.25, 0.3) is 20.8 Å². The van der Waals surface area contributed by atoms with Crippen LogP contribution in [0.2, 0.25) is 0 Å². The second kappa shape index (κ2) is 6.85. The Hall–Kier alpha value is -3.38. The second-order valence-electron chi connectivity index (χ2n) is 5.64. The Morgan fingerprint density at radius 1 is 0.962 bits per heavy atom.